The molecule has 0 saturated heterocycles. The highest BCUT2D eigenvalue weighted by atomic mass is 16.6. The van der Waals surface area contributed by atoms with Crippen molar-refractivity contribution < 1.29 is 4.84 Å². The van der Waals surface area contributed by atoms with E-state index in [1.807, 2.05) is 6.07 Å². The summed E-state index contributed by atoms with van der Waals surface area (Å²) in [6.45, 7) is 5.16. The third-order valence-electron chi connectivity index (χ3n) is 2.68. The van der Waals surface area contributed by atoms with Gasteiger partial charge in [0.25, 0.3) is 0 Å². The van der Waals surface area contributed by atoms with E-state index in [0.717, 1.165) is 25.1 Å². The molecule has 90 valence electrons. The van der Waals surface area contributed by atoms with Gasteiger partial charge in [-0.15, -0.1) is 0 Å². The minimum Gasteiger partial charge on any atom is -0.276 e. The maximum absolute atomic E-state index is 5.46. The standard InChI is InChI=1S/C14H23NO/c1-3-5-6-9-12-16-15-14-11-8-7-10-13(14)4-2/h7-8,10-11,15H,3-6,9,12H2,1-2H3. The predicted octanol–water partition coefficient (Wildman–Crippen LogP) is 4.17. The zero-order chi connectivity index (χ0) is 11.6. The number of benzene rings is 1. The first-order chi connectivity index (χ1) is 7.88. The van der Waals surface area contributed by atoms with Gasteiger partial charge in [0.2, 0.25) is 0 Å². The molecule has 0 radical (unpaired) electrons. The summed E-state index contributed by atoms with van der Waals surface area (Å²) < 4.78 is 0. The van der Waals surface area contributed by atoms with Crippen LogP contribution in [0.1, 0.15) is 45.1 Å². The molecule has 0 bridgehead atoms. The topological polar surface area (TPSA) is 21.3 Å². The quantitative estimate of drug-likeness (QED) is 0.525. The Morgan fingerprint density at radius 3 is 2.62 bits per heavy atom. The van der Waals surface area contributed by atoms with Crippen molar-refractivity contribution in [2.75, 3.05) is 12.1 Å². The summed E-state index contributed by atoms with van der Waals surface area (Å²) in [7, 11) is 0. The number of para-hydroxylation sites is 1. The number of rotatable bonds is 8. The van der Waals surface area contributed by atoms with Gasteiger partial charge in [-0.25, -0.2) is 0 Å². The summed E-state index contributed by atoms with van der Waals surface area (Å²) in [5, 5.41) is 0. The molecule has 0 saturated carbocycles. The third-order valence-corrected chi connectivity index (χ3v) is 2.68. The summed E-state index contributed by atoms with van der Waals surface area (Å²) in [6, 6.07) is 8.28. The molecule has 1 aromatic carbocycles. The van der Waals surface area contributed by atoms with Crippen molar-refractivity contribution in [1.29, 1.82) is 0 Å². The van der Waals surface area contributed by atoms with Gasteiger partial charge in [-0.2, -0.15) is 0 Å². The van der Waals surface area contributed by atoms with Crippen molar-refractivity contribution in [3.05, 3.63) is 29.8 Å². The molecular formula is C14H23NO. The van der Waals surface area contributed by atoms with Gasteiger partial charge in [0, 0.05) is 0 Å². The zero-order valence-electron chi connectivity index (χ0n) is 10.5. The summed E-state index contributed by atoms with van der Waals surface area (Å²) in [5.41, 5.74) is 5.44. The minimum atomic E-state index is 0.790. The summed E-state index contributed by atoms with van der Waals surface area (Å²) in [6.07, 6.45) is 5.99. The summed E-state index contributed by atoms with van der Waals surface area (Å²) >= 11 is 0. The number of hydrogen-bond acceptors (Lipinski definition) is 2. The maximum atomic E-state index is 5.46. The van der Waals surface area contributed by atoms with E-state index in [2.05, 4.69) is 37.5 Å². The van der Waals surface area contributed by atoms with Gasteiger partial charge in [-0.05, 0) is 24.5 Å². The largest absolute Gasteiger partial charge is 0.276 e. The van der Waals surface area contributed by atoms with Gasteiger partial charge in [-0.3, -0.25) is 10.3 Å². The predicted molar refractivity (Wildman–Crippen MR) is 69.5 cm³/mol. The molecule has 0 amide bonds. The average Bonchev–Trinajstić information content (AvgIpc) is 2.34. The number of hydrogen-bond donors (Lipinski definition) is 1. The van der Waals surface area contributed by atoms with E-state index in [-0.39, 0.29) is 0 Å². The highest BCUT2D eigenvalue weighted by molar-refractivity contribution is 5.49. The van der Waals surface area contributed by atoms with Crippen LogP contribution in [-0.4, -0.2) is 6.61 Å². The van der Waals surface area contributed by atoms with Crippen LogP contribution in [0.5, 0.6) is 0 Å². The number of nitrogens with one attached hydrogen (secondary N) is 1. The van der Waals surface area contributed by atoms with Crippen molar-refractivity contribution >= 4 is 5.69 Å². The molecule has 2 nitrogen and oxygen atoms in total. The molecule has 1 rings (SSSR count). The van der Waals surface area contributed by atoms with Crippen LogP contribution in [0, 0.1) is 0 Å². The second kappa shape index (κ2) is 8.17. The normalized spacial score (nSPS) is 10.4. The lowest BCUT2D eigenvalue weighted by Gasteiger charge is -2.10. The lowest BCUT2D eigenvalue weighted by molar-refractivity contribution is 0.187. The van der Waals surface area contributed by atoms with Crippen LogP contribution in [0.2, 0.25) is 0 Å². The van der Waals surface area contributed by atoms with Crippen molar-refractivity contribution in [3.63, 3.8) is 0 Å². The molecular weight excluding hydrogens is 198 g/mol. The van der Waals surface area contributed by atoms with Gasteiger partial charge < -0.3 is 0 Å². The molecule has 0 spiro atoms. The molecule has 0 aliphatic heterocycles. The van der Waals surface area contributed by atoms with Crippen molar-refractivity contribution in [1.82, 2.24) is 0 Å². The van der Waals surface area contributed by atoms with E-state index in [0.29, 0.717) is 0 Å². The molecule has 0 aliphatic rings. The van der Waals surface area contributed by atoms with E-state index >= 15 is 0 Å². The minimum absolute atomic E-state index is 0.790. The Morgan fingerprint density at radius 2 is 1.88 bits per heavy atom. The molecule has 16 heavy (non-hydrogen) atoms. The second-order valence-corrected chi connectivity index (χ2v) is 4.02. The van der Waals surface area contributed by atoms with Crippen molar-refractivity contribution in [3.8, 4) is 0 Å². The lowest BCUT2D eigenvalue weighted by atomic mass is 10.1. The monoisotopic (exact) mass is 221 g/mol. The molecule has 0 atom stereocenters. The Hall–Kier alpha value is -1.02. The fraction of sp³-hybridized carbons (Fsp3) is 0.571. The van der Waals surface area contributed by atoms with Crippen molar-refractivity contribution in [2.24, 2.45) is 0 Å². The van der Waals surface area contributed by atoms with Gasteiger partial charge in [-0.1, -0.05) is 51.3 Å². The van der Waals surface area contributed by atoms with Gasteiger partial charge in [0.05, 0.1) is 12.3 Å². The fourth-order valence-corrected chi connectivity index (χ4v) is 1.66. The Bertz CT molecular complexity index is 286. The van der Waals surface area contributed by atoms with E-state index in [1.165, 1.54) is 24.8 Å². The fourth-order valence-electron chi connectivity index (χ4n) is 1.66. The number of aryl methyl sites for hydroxylation is 1. The van der Waals surface area contributed by atoms with Gasteiger partial charge in [0.1, 0.15) is 0 Å². The smallest absolute Gasteiger partial charge is 0.0746 e. The molecule has 0 unspecified atom stereocenters. The first-order valence-corrected chi connectivity index (χ1v) is 6.34. The van der Waals surface area contributed by atoms with Crippen molar-refractivity contribution in [2.45, 2.75) is 46.0 Å². The highest BCUT2D eigenvalue weighted by Crippen LogP contribution is 2.15. The van der Waals surface area contributed by atoms with E-state index in [1.54, 1.807) is 0 Å². The van der Waals surface area contributed by atoms with Crippen LogP contribution in [0.25, 0.3) is 0 Å². The SMILES string of the molecule is CCCCCCONc1ccccc1CC. The zero-order valence-corrected chi connectivity index (χ0v) is 10.5. The first-order valence-electron chi connectivity index (χ1n) is 6.34. The van der Waals surface area contributed by atoms with Crippen LogP contribution in [0.4, 0.5) is 5.69 Å². The molecule has 0 aliphatic carbocycles. The lowest BCUT2D eigenvalue weighted by Crippen LogP contribution is -2.04. The van der Waals surface area contributed by atoms with Gasteiger partial charge in [0.15, 0.2) is 0 Å². The number of unbranched alkanes of at least 4 members (excludes halogenated alkanes) is 3. The Kier molecular flexibility index (Phi) is 6.66. The molecule has 0 heterocycles. The molecule has 1 aromatic rings. The van der Waals surface area contributed by atoms with Crippen LogP contribution >= 0.6 is 0 Å². The third kappa shape index (κ3) is 4.67. The highest BCUT2D eigenvalue weighted by Gasteiger charge is 1.98. The van der Waals surface area contributed by atoms with Crippen LogP contribution in [0.3, 0.4) is 0 Å². The Balaban J connectivity index is 2.21. The molecule has 0 fully saturated rings. The summed E-state index contributed by atoms with van der Waals surface area (Å²) in [5.74, 6) is 0. The van der Waals surface area contributed by atoms with Gasteiger partial charge >= 0.3 is 0 Å². The average molecular weight is 221 g/mol. The second-order valence-electron chi connectivity index (χ2n) is 4.02. The molecule has 0 aromatic heterocycles. The Morgan fingerprint density at radius 1 is 1.06 bits per heavy atom. The maximum Gasteiger partial charge on any atom is 0.0746 e. The Labute approximate surface area is 99.0 Å². The first kappa shape index (κ1) is 13.0. The van der Waals surface area contributed by atoms with Crippen LogP contribution in [-0.2, 0) is 11.3 Å². The van der Waals surface area contributed by atoms with E-state index < -0.39 is 0 Å². The van der Waals surface area contributed by atoms with Crippen LogP contribution in [0.15, 0.2) is 24.3 Å². The van der Waals surface area contributed by atoms with Crippen LogP contribution < -0.4 is 5.48 Å². The number of anilines is 1. The van der Waals surface area contributed by atoms with E-state index in [4.69, 9.17) is 4.84 Å². The summed E-state index contributed by atoms with van der Waals surface area (Å²) in [4.78, 5) is 5.46. The molecule has 2 heteroatoms. The van der Waals surface area contributed by atoms with E-state index in [9.17, 15) is 0 Å². The molecule has 1 N–H and O–H groups in total.